The molecule has 1 N–H and O–H groups in total. The van der Waals surface area contributed by atoms with E-state index >= 15 is 0 Å². The molecular weight excluding hydrogens is 294 g/mol. The average Bonchev–Trinajstić information content (AvgIpc) is 3.05. The van der Waals surface area contributed by atoms with Gasteiger partial charge in [0, 0.05) is 11.4 Å². The second-order valence-corrected chi connectivity index (χ2v) is 6.79. The maximum absolute atomic E-state index is 12.0. The standard InChI is InChI=1S/C12H15N5OS2/c18-11-10(5-1-2-6-13-11)20-12-14-15-16-17(12)8-9-4-3-7-19-9/h3-4,7,10H,1-2,5-6,8H2,(H,13,18)/t10-/m1/s1. The topological polar surface area (TPSA) is 72.7 Å². The van der Waals surface area contributed by atoms with Crippen LogP contribution < -0.4 is 5.32 Å². The summed E-state index contributed by atoms with van der Waals surface area (Å²) >= 11 is 3.14. The van der Waals surface area contributed by atoms with Crippen molar-refractivity contribution in [1.29, 1.82) is 0 Å². The third-order valence-electron chi connectivity index (χ3n) is 3.12. The van der Waals surface area contributed by atoms with Gasteiger partial charge in [-0.3, -0.25) is 4.79 Å². The van der Waals surface area contributed by atoms with Gasteiger partial charge in [0.1, 0.15) is 0 Å². The molecule has 6 nitrogen and oxygen atoms in total. The summed E-state index contributed by atoms with van der Waals surface area (Å²) in [5.74, 6) is 0.0955. The fourth-order valence-corrected chi connectivity index (χ4v) is 3.80. The normalized spacial score (nSPS) is 19.6. The Kier molecular flexibility index (Phi) is 4.31. The summed E-state index contributed by atoms with van der Waals surface area (Å²) in [4.78, 5) is 13.2. The summed E-state index contributed by atoms with van der Waals surface area (Å²) in [6, 6.07) is 4.06. The highest BCUT2D eigenvalue weighted by Crippen LogP contribution is 2.26. The number of carbonyl (C=O) groups excluding carboxylic acids is 1. The van der Waals surface area contributed by atoms with Gasteiger partial charge in [-0.05, 0) is 34.7 Å². The molecule has 2 aromatic heterocycles. The summed E-state index contributed by atoms with van der Waals surface area (Å²) < 4.78 is 1.76. The van der Waals surface area contributed by atoms with Crippen LogP contribution in [-0.4, -0.2) is 37.9 Å². The summed E-state index contributed by atoms with van der Waals surface area (Å²) in [6.45, 7) is 1.43. The van der Waals surface area contributed by atoms with E-state index < -0.39 is 0 Å². The molecule has 8 heteroatoms. The van der Waals surface area contributed by atoms with Gasteiger partial charge in [0.2, 0.25) is 11.1 Å². The number of hydrogen-bond acceptors (Lipinski definition) is 6. The molecule has 1 saturated heterocycles. The lowest BCUT2D eigenvalue weighted by molar-refractivity contribution is -0.120. The molecule has 3 heterocycles. The number of hydrogen-bond donors (Lipinski definition) is 1. The van der Waals surface area contributed by atoms with Crippen molar-refractivity contribution in [3.05, 3.63) is 22.4 Å². The van der Waals surface area contributed by atoms with Crippen LogP contribution in [0, 0.1) is 0 Å². The molecule has 1 fully saturated rings. The third-order valence-corrected chi connectivity index (χ3v) is 5.22. The van der Waals surface area contributed by atoms with Crippen LogP contribution in [0.15, 0.2) is 22.7 Å². The fourth-order valence-electron chi connectivity index (χ4n) is 2.08. The highest BCUT2D eigenvalue weighted by atomic mass is 32.2. The van der Waals surface area contributed by atoms with Gasteiger partial charge in [-0.25, -0.2) is 4.68 Å². The molecule has 106 valence electrons. The van der Waals surface area contributed by atoms with Crippen LogP contribution in [0.3, 0.4) is 0 Å². The van der Waals surface area contributed by atoms with Crippen LogP contribution in [0.5, 0.6) is 0 Å². The minimum Gasteiger partial charge on any atom is -0.355 e. The third kappa shape index (κ3) is 3.18. The van der Waals surface area contributed by atoms with E-state index in [0.717, 1.165) is 25.8 Å². The average molecular weight is 309 g/mol. The molecule has 0 unspecified atom stereocenters. The first-order valence-electron chi connectivity index (χ1n) is 6.56. The van der Waals surface area contributed by atoms with Crippen molar-refractivity contribution in [1.82, 2.24) is 25.5 Å². The van der Waals surface area contributed by atoms with Gasteiger partial charge in [0.15, 0.2) is 0 Å². The molecule has 2 aromatic rings. The Bertz CT molecular complexity index is 568. The van der Waals surface area contributed by atoms with Gasteiger partial charge < -0.3 is 5.32 Å². The Balaban J connectivity index is 1.71. The van der Waals surface area contributed by atoms with Crippen molar-refractivity contribution in [3.63, 3.8) is 0 Å². The van der Waals surface area contributed by atoms with Crippen molar-refractivity contribution in [2.24, 2.45) is 0 Å². The first-order valence-corrected chi connectivity index (χ1v) is 8.32. The Labute approximate surface area is 124 Å². The summed E-state index contributed by atoms with van der Waals surface area (Å²) in [5, 5.41) is 17.4. The van der Waals surface area contributed by atoms with Crippen molar-refractivity contribution in [2.45, 2.75) is 36.2 Å². The maximum Gasteiger partial charge on any atom is 0.233 e. The van der Waals surface area contributed by atoms with E-state index in [2.05, 4.69) is 26.9 Å². The molecule has 0 radical (unpaired) electrons. The monoisotopic (exact) mass is 309 g/mol. The van der Waals surface area contributed by atoms with Crippen LogP contribution in [0.25, 0.3) is 0 Å². The van der Waals surface area contributed by atoms with Gasteiger partial charge in [-0.1, -0.05) is 24.2 Å². The van der Waals surface area contributed by atoms with Crippen molar-refractivity contribution in [2.75, 3.05) is 6.54 Å². The number of nitrogens with zero attached hydrogens (tertiary/aromatic N) is 4. The lowest BCUT2D eigenvalue weighted by Crippen LogP contribution is -2.30. The minimum atomic E-state index is -0.0921. The first kappa shape index (κ1) is 13.6. The van der Waals surface area contributed by atoms with Crippen molar-refractivity contribution in [3.8, 4) is 0 Å². The quantitative estimate of drug-likeness (QED) is 0.927. The predicted molar refractivity (Wildman–Crippen MR) is 77.7 cm³/mol. The second kappa shape index (κ2) is 6.36. The highest BCUT2D eigenvalue weighted by molar-refractivity contribution is 8.00. The van der Waals surface area contributed by atoms with E-state index in [-0.39, 0.29) is 11.2 Å². The lowest BCUT2D eigenvalue weighted by Gasteiger charge is -2.11. The Morgan fingerprint density at radius 3 is 3.30 bits per heavy atom. The van der Waals surface area contributed by atoms with Gasteiger partial charge in [0.05, 0.1) is 11.8 Å². The van der Waals surface area contributed by atoms with E-state index in [0.29, 0.717) is 11.7 Å². The number of thiophene rings is 1. The fraction of sp³-hybridized carbons (Fsp3) is 0.500. The summed E-state index contributed by atoms with van der Waals surface area (Å²) in [6.07, 6.45) is 2.98. The minimum absolute atomic E-state index is 0.0921. The van der Waals surface area contributed by atoms with Gasteiger partial charge in [-0.2, -0.15) is 0 Å². The predicted octanol–water partition coefficient (Wildman–Crippen LogP) is 1.54. The Morgan fingerprint density at radius 2 is 2.45 bits per heavy atom. The van der Waals surface area contributed by atoms with Crippen LogP contribution in [0.2, 0.25) is 0 Å². The Morgan fingerprint density at radius 1 is 1.50 bits per heavy atom. The number of carbonyl (C=O) groups is 1. The van der Waals surface area contributed by atoms with Gasteiger partial charge in [0.25, 0.3) is 0 Å². The number of thioether (sulfide) groups is 1. The molecule has 3 rings (SSSR count). The van der Waals surface area contributed by atoms with Gasteiger partial charge in [-0.15, -0.1) is 16.4 Å². The van der Waals surface area contributed by atoms with E-state index in [1.54, 1.807) is 16.0 Å². The van der Waals surface area contributed by atoms with E-state index in [4.69, 9.17) is 0 Å². The zero-order valence-corrected chi connectivity index (χ0v) is 12.5. The van der Waals surface area contributed by atoms with Gasteiger partial charge >= 0.3 is 0 Å². The molecule has 0 aromatic carbocycles. The largest absolute Gasteiger partial charge is 0.355 e. The van der Waals surface area contributed by atoms with Crippen LogP contribution >= 0.6 is 23.1 Å². The van der Waals surface area contributed by atoms with E-state index in [1.807, 2.05) is 11.4 Å². The SMILES string of the molecule is O=C1NCCCC[C@H]1Sc1nnnn1Cc1cccs1. The molecule has 0 spiro atoms. The van der Waals surface area contributed by atoms with Crippen LogP contribution in [0.4, 0.5) is 0 Å². The van der Waals surface area contributed by atoms with Crippen LogP contribution in [0.1, 0.15) is 24.1 Å². The molecule has 1 atom stereocenters. The van der Waals surface area contributed by atoms with E-state index in [9.17, 15) is 4.79 Å². The molecule has 20 heavy (non-hydrogen) atoms. The van der Waals surface area contributed by atoms with E-state index in [1.165, 1.54) is 16.6 Å². The number of tetrazole rings is 1. The number of amides is 1. The number of aromatic nitrogens is 4. The summed E-state index contributed by atoms with van der Waals surface area (Å²) in [7, 11) is 0. The smallest absolute Gasteiger partial charge is 0.233 e. The van der Waals surface area contributed by atoms with Crippen molar-refractivity contribution < 1.29 is 4.79 Å². The molecule has 0 saturated carbocycles. The summed E-state index contributed by atoms with van der Waals surface area (Å²) in [5.41, 5.74) is 0. The molecule has 1 aliphatic heterocycles. The molecule has 0 bridgehead atoms. The molecule has 1 aliphatic rings. The van der Waals surface area contributed by atoms with Crippen molar-refractivity contribution >= 4 is 29.0 Å². The first-order chi connectivity index (χ1) is 9.83. The lowest BCUT2D eigenvalue weighted by atomic mass is 10.2. The maximum atomic E-state index is 12.0. The zero-order chi connectivity index (χ0) is 13.8. The number of rotatable bonds is 4. The van der Waals surface area contributed by atoms with Crippen LogP contribution in [-0.2, 0) is 11.3 Å². The highest BCUT2D eigenvalue weighted by Gasteiger charge is 2.24. The molecular formula is C12H15N5OS2. The zero-order valence-electron chi connectivity index (χ0n) is 10.9. The second-order valence-electron chi connectivity index (χ2n) is 4.59. The molecule has 0 aliphatic carbocycles. The molecule has 1 amide bonds. The number of nitrogens with one attached hydrogen (secondary N) is 1. The Hall–Kier alpha value is -1.41.